The van der Waals surface area contributed by atoms with Crippen LogP contribution in [0.2, 0.25) is 0 Å². The fourth-order valence-electron chi connectivity index (χ4n) is 1.87. The third-order valence-corrected chi connectivity index (χ3v) is 4.57. The Hall–Kier alpha value is -2.20. The van der Waals surface area contributed by atoms with Gasteiger partial charge in [-0.05, 0) is 12.5 Å². The second kappa shape index (κ2) is 7.88. The van der Waals surface area contributed by atoms with Gasteiger partial charge in [-0.15, -0.1) is 0 Å². The third kappa shape index (κ3) is 4.89. The van der Waals surface area contributed by atoms with Gasteiger partial charge in [-0.2, -0.15) is 4.72 Å². The predicted molar refractivity (Wildman–Crippen MR) is 80.9 cm³/mol. The molecule has 23 heavy (non-hydrogen) atoms. The van der Waals surface area contributed by atoms with Crippen molar-refractivity contribution in [2.75, 3.05) is 7.11 Å². The molecule has 0 unspecified atom stereocenters. The minimum absolute atomic E-state index is 0.148. The molecule has 0 aromatic heterocycles. The zero-order valence-corrected chi connectivity index (χ0v) is 13.5. The molecule has 9 nitrogen and oxygen atoms in total. The lowest BCUT2D eigenvalue weighted by molar-refractivity contribution is -0.385. The van der Waals surface area contributed by atoms with Crippen LogP contribution >= 0.6 is 0 Å². The predicted octanol–water partition coefficient (Wildman–Crippen LogP) is 1.53. The van der Waals surface area contributed by atoms with E-state index in [0.717, 1.165) is 24.6 Å². The van der Waals surface area contributed by atoms with E-state index in [1.807, 2.05) is 6.92 Å². The van der Waals surface area contributed by atoms with Crippen LogP contribution in [0.4, 0.5) is 5.69 Å². The second-order valence-corrected chi connectivity index (χ2v) is 6.46. The zero-order valence-electron chi connectivity index (χ0n) is 12.7. The number of hydrogen-bond donors (Lipinski definition) is 2. The summed E-state index contributed by atoms with van der Waals surface area (Å²) in [6, 6.07) is 1.75. The number of carbonyl (C=O) groups is 1. The Labute approximate surface area is 133 Å². The smallest absolute Gasteiger partial charge is 0.321 e. The van der Waals surface area contributed by atoms with Crippen molar-refractivity contribution < 1.29 is 28.0 Å². The molecular weight excluding hydrogens is 328 g/mol. The number of nitro groups is 1. The number of benzene rings is 1. The fourth-order valence-corrected chi connectivity index (χ4v) is 3.11. The van der Waals surface area contributed by atoms with Crippen molar-refractivity contribution in [1.29, 1.82) is 0 Å². The van der Waals surface area contributed by atoms with Crippen molar-refractivity contribution in [3.05, 3.63) is 28.3 Å². The largest absolute Gasteiger partial charge is 0.490 e. The molecule has 0 bridgehead atoms. The molecular formula is C13H18N2O7S. The number of rotatable bonds is 9. The maximum absolute atomic E-state index is 12.3. The molecule has 0 aliphatic rings. The van der Waals surface area contributed by atoms with Crippen LogP contribution in [-0.4, -0.2) is 37.6 Å². The van der Waals surface area contributed by atoms with Crippen molar-refractivity contribution in [2.24, 2.45) is 0 Å². The molecule has 0 aliphatic heterocycles. The Balaban J connectivity index is 3.12. The lowest BCUT2D eigenvalue weighted by Crippen LogP contribution is -2.40. The first-order chi connectivity index (χ1) is 10.7. The molecule has 0 saturated heterocycles. The van der Waals surface area contributed by atoms with Gasteiger partial charge in [0.15, 0.2) is 5.75 Å². The van der Waals surface area contributed by atoms with Gasteiger partial charge in [-0.3, -0.25) is 14.9 Å². The number of aliphatic carboxylic acids is 1. The summed E-state index contributed by atoms with van der Waals surface area (Å²) >= 11 is 0. The van der Waals surface area contributed by atoms with Crippen LogP contribution in [0.1, 0.15) is 26.2 Å². The number of nitrogens with one attached hydrogen (secondary N) is 1. The van der Waals surface area contributed by atoms with Gasteiger partial charge in [-0.1, -0.05) is 19.8 Å². The van der Waals surface area contributed by atoms with Gasteiger partial charge in [-0.25, -0.2) is 8.42 Å². The number of nitro benzene ring substituents is 1. The standard InChI is InChI=1S/C13H18N2O7S/c1-3-4-5-10(13(16)17)14-23(20,21)9-6-7-11(15(18)19)12(8-9)22-2/h6-8,10,14H,3-5H2,1-2H3,(H,16,17)/t10-/m0/s1. The minimum Gasteiger partial charge on any atom is -0.490 e. The van der Waals surface area contributed by atoms with Crippen LogP contribution in [0, 0.1) is 10.1 Å². The van der Waals surface area contributed by atoms with E-state index in [1.165, 1.54) is 7.11 Å². The summed E-state index contributed by atoms with van der Waals surface area (Å²) in [6.07, 6.45) is 1.41. The quantitative estimate of drug-likeness (QED) is 0.511. The van der Waals surface area contributed by atoms with Crippen molar-refractivity contribution >= 4 is 21.7 Å². The van der Waals surface area contributed by atoms with E-state index in [-0.39, 0.29) is 22.8 Å². The van der Waals surface area contributed by atoms with Gasteiger partial charge in [0.1, 0.15) is 6.04 Å². The minimum atomic E-state index is -4.14. The van der Waals surface area contributed by atoms with Gasteiger partial charge < -0.3 is 9.84 Å². The zero-order chi connectivity index (χ0) is 17.6. The van der Waals surface area contributed by atoms with Gasteiger partial charge in [0.2, 0.25) is 10.0 Å². The Morgan fingerprint density at radius 2 is 2.13 bits per heavy atom. The highest BCUT2D eigenvalue weighted by Gasteiger charge is 2.27. The summed E-state index contributed by atoms with van der Waals surface area (Å²) < 4.78 is 31.4. The number of methoxy groups -OCH3 is 1. The topological polar surface area (TPSA) is 136 Å². The maximum Gasteiger partial charge on any atom is 0.321 e. The lowest BCUT2D eigenvalue weighted by Gasteiger charge is -2.14. The average molecular weight is 346 g/mol. The maximum atomic E-state index is 12.3. The summed E-state index contributed by atoms with van der Waals surface area (Å²) in [5, 5.41) is 19.9. The first-order valence-electron chi connectivity index (χ1n) is 6.80. The number of hydrogen-bond acceptors (Lipinski definition) is 6. The molecule has 1 atom stereocenters. The van der Waals surface area contributed by atoms with Crippen LogP contribution in [0.15, 0.2) is 23.1 Å². The summed E-state index contributed by atoms with van der Waals surface area (Å²) in [7, 11) is -2.97. The van der Waals surface area contributed by atoms with Crippen LogP contribution in [-0.2, 0) is 14.8 Å². The second-order valence-electron chi connectivity index (χ2n) is 4.75. The normalized spacial score (nSPS) is 12.6. The Morgan fingerprint density at radius 1 is 1.48 bits per heavy atom. The molecule has 0 amide bonds. The Bertz CT molecular complexity index is 688. The number of unbranched alkanes of at least 4 members (excludes halogenated alkanes) is 1. The molecule has 0 fully saturated rings. The van der Waals surface area contributed by atoms with Crippen LogP contribution < -0.4 is 9.46 Å². The van der Waals surface area contributed by atoms with Gasteiger partial charge in [0.25, 0.3) is 0 Å². The molecule has 0 radical (unpaired) electrons. The van der Waals surface area contributed by atoms with E-state index in [1.54, 1.807) is 0 Å². The van der Waals surface area contributed by atoms with Crippen LogP contribution in [0.25, 0.3) is 0 Å². The molecule has 10 heteroatoms. The van der Waals surface area contributed by atoms with Gasteiger partial charge >= 0.3 is 11.7 Å². The average Bonchev–Trinajstić information content (AvgIpc) is 2.50. The lowest BCUT2D eigenvalue weighted by atomic mass is 10.1. The van der Waals surface area contributed by atoms with E-state index in [0.29, 0.717) is 6.42 Å². The molecule has 0 heterocycles. The number of ether oxygens (including phenoxy) is 1. The first-order valence-corrected chi connectivity index (χ1v) is 8.28. The summed E-state index contributed by atoms with van der Waals surface area (Å²) in [5.74, 6) is -1.51. The molecule has 2 N–H and O–H groups in total. The summed E-state index contributed by atoms with van der Waals surface area (Å²) in [5.41, 5.74) is -0.382. The third-order valence-electron chi connectivity index (χ3n) is 3.10. The van der Waals surface area contributed by atoms with E-state index in [4.69, 9.17) is 9.84 Å². The van der Waals surface area contributed by atoms with E-state index in [9.17, 15) is 23.3 Å². The van der Waals surface area contributed by atoms with E-state index < -0.39 is 27.0 Å². The molecule has 1 aromatic carbocycles. The van der Waals surface area contributed by atoms with Crippen LogP contribution in [0.5, 0.6) is 5.75 Å². The molecule has 0 saturated carbocycles. The molecule has 128 valence electrons. The number of sulfonamides is 1. The van der Waals surface area contributed by atoms with Crippen molar-refractivity contribution in [1.82, 2.24) is 4.72 Å². The van der Waals surface area contributed by atoms with Crippen LogP contribution in [0.3, 0.4) is 0 Å². The molecule has 1 rings (SSSR count). The molecule has 0 aliphatic carbocycles. The monoisotopic (exact) mass is 346 g/mol. The highest BCUT2D eigenvalue weighted by atomic mass is 32.2. The van der Waals surface area contributed by atoms with E-state index in [2.05, 4.69) is 4.72 Å². The van der Waals surface area contributed by atoms with Crippen molar-refractivity contribution in [2.45, 2.75) is 37.1 Å². The Morgan fingerprint density at radius 3 is 2.61 bits per heavy atom. The first kappa shape index (κ1) is 18.8. The number of carboxylic acid groups (broad SMARTS) is 1. The summed E-state index contributed by atoms with van der Waals surface area (Å²) in [6.45, 7) is 1.86. The SMILES string of the molecule is CCCC[C@H](NS(=O)(=O)c1ccc([N+](=O)[O-])c(OC)c1)C(=O)O. The van der Waals surface area contributed by atoms with Gasteiger partial charge in [0, 0.05) is 12.1 Å². The highest BCUT2D eigenvalue weighted by Crippen LogP contribution is 2.29. The number of carboxylic acids is 1. The molecule has 1 aromatic rings. The fraction of sp³-hybridized carbons (Fsp3) is 0.462. The number of nitrogens with zero attached hydrogens (tertiary/aromatic N) is 1. The van der Waals surface area contributed by atoms with Crippen molar-refractivity contribution in [3.63, 3.8) is 0 Å². The van der Waals surface area contributed by atoms with E-state index >= 15 is 0 Å². The highest BCUT2D eigenvalue weighted by molar-refractivity contribution is 7.89. The molecule has 0 spiro atoms. The Kier molecular flexibility index (Phi) is 6.46. The van der Waals surface area contributed by atoms with Crippen molar-refractivity contribution in [3.8, 4) is 5.75 Å². The van der Waals surface area contributed by atoms with Gasteiger partial charge in [0.05, 0.1) is 16.9 Å². The summed E-state index contributed by atoms with van der Waals surface area (Å²) in [4.78, 5) is 20.9.